The SMILES string of the molecule is CC1CC(N)CN(c2cccc(C#N)n2)C1. The van der Waals surface area contributed by atoms with Crippen LogP contribution in [0.1, 0.15) is 19.0 Å². The van der Waals surface area contributed by atoms with E-state index in [0.717, 1.165) is 25.3 Å². The highest BCUT2D eigenvalue weighted by molar-refractivity contribution is 5.42. The molecule has 2 heterocycles. The summed E-state index contributed by atoms with van der Waals surface area (Å²) >= 11 is 0. The summed E-state index contributed by atoms with van der Waals surface area (Å²) in [6.07, 6.45) is 1.06. The topological polar surface area (TPSA) is 65.9 Å². The number of rotatable bonds is 1. The zero-order valence-corrected chi connectivity index (χ0v) is 9.43. The lowest BCUT2D eigenvalue weighted by Gasteiger charge is -2.35. The predicted octanol–water partition coefficient (Wildman–Crippen LogP) is 1.13. The second kappa shape index (κ2) is 4.50. The van der Waals surface area contributed by atoms with Crippen LogP contribution >= 0.6 is 0 Å². The number of anilines is 1. The van der Waals surface area contributed by atoms with Crippen LogP contribution in [0.5, 0.6) is 0 Å². The monoisotopic (exact) mass is 216 g/mol. The van der Waals surface area contributed by atoms with Gasteiger partial charge in [0.05, 0.1) is 0 Å². The minimum absolute atomic E-state index is 0.205. The highest BCUT2D eigenvalue weighted by atomic mass is 15.2. The highest BCUT2D eigenvalue weighted by Gasteiger charge is 2.22. The molecule has 1 aliphatic rings. The average molecular weight is 216 g/mol. The van der Waals surface area contributed by atoms with Crippen molar-refractivity contribution in [1.82, 2.24) is 4.98 Å². The molecule has 0 radical (unpaired) electrons. The summed E-state index contributed by atoms with van der Waals surface area (Å²) in [6.45, 7) is 3.99. The Bertz CT molecular complexity index is 400. The van der Waals surface area contributed by atoms with Crippen molar-refractivity contribution in [2.24, 2.45) is 11.7 Å². The molecule has 4 nitrogen and oxygen atoms in total. The van der Waals surface area contributed by atoms with Crippen LogP contribution in [0.15, 0.2) is 18.2 Å². The van der Waals surface area contributed by atoms with Gasteiger partial charge in [-0.1, -0.05) is 13.0 Å². The van der Waals surface area contributed by atoms with E-state index < -0.39 is 0 Å². The fraction of sp³-hybridized carbons (Fsp3) is 0.500. The third-order valence-corrected chi connectivity index (χ3v) is 2.87. The van der Waals surface area contributed by atoms with Crippen LogP contribution in [0.25, 0.3) is 0 Å². The van der Waals surface area contributed by atoms with Gasteiger partial charge in [0.1, 0.15) is 17.6 Å². The zero-order chi connectivity index (χ0) is 11.5. The molecule has 1 aromatic heterocycles. The summed E-state index contributed by atoms with van der Waals surface area (Å²) in [4.78, 5) is 6.46. The van der Waals surface area contributed by atoms with Gasteiger partial charge in [0.2, 0.25) is 0 Å². The molecule has 0 spiro atoms. The predicted molar refractivity (Wildman–Crippen MR) is 62.9 cm³/mol. The van der Waals surface area contributed by atoms with Crippen LogP contribution in [-0.4, -0.2) is 24.1 Å². The first-order valence-electron chi connectivity index (χ1n) is 5.56. The van der Waals surface area contributed by atoms with Crippen molar-refractivity contribution < 1.29 is 0 Å². The number of nitrogens with two attached hydrogens (primary N) is 1. The van der Waals surface area contributed by atoms with E-state index >= 15 is 0 Å². The standard InChI is InChI=1S/C12H16N4/c1-9-5-10(14)8-16(7-9)12-4-2-3-11(6-13)15-12/h2-4,9-10H,5,7-8,14H2,1H3. The molecular weight excluding hydrogens is 200 g/mol. The second-order valence-corrected chi connectivity index (χ2v) is 4.50. The number of aromatic nitrogens is 1. The molecule has 16 heavy (non-hydrogen) atoms. The lowest BCUT2D eigenvalue weighted by Crippen LogP contribution is -2.46. The Morgan fingerprint density at radius 3 is 3.00 bits per heavy atom. The van der Waals surface area contributed by atoms with Gasteiger partial charge in [0, 0.05) is 19.1 Å². The molecule has 2 atom stereocenters. The fourth-order valence-electron chi connectivity index (χ4n) is 2.25. The van der Waals surface area contributed by atoms with Gasteiger partial charge in [-0.2, -0.15) is 5.26 Å². The third kappa shape index (κ3) is 2.31. The van der Waals surface area contributed by atoms with E-state index in [-0.39, 0.29) is 6.04 Å². The maximum absolute atomic E-state index is 8.81. The van der Waals surface area contributed by atoms with Crippen LogP contribution in [0, 0.1) is 17.2 Å². The molecule has 0 bridgehead atoms. The minimum atomic E-state index is 0.205. The van der Waals surface area contributed by atoms with Gasteiger partial charge in [0.15, 0.2) is 0 Å². The molecule has 2 N–H and O–H groups in total. The van der Waals surface area contributed by atoms with Gasteiger partial charge < -0.3 is 10.6 Å². The van der Waals surface area contributed by atoms with Crippen molar-refractivity contribution in [3.05, 3.63) is 23.9 Å². The summed E-state index contributed by atoms with van der Waals surface area (Å²) < 4.78 is 0. The molecule has 1 aliphatic heterocycles. The molecule has 1 fully saturated rings. The molecular formula is C12H16N4. The molecule has 1 saturated heterocycles. The number of hydrogen-bond acceptors (Lipinski definition) is 4. The Morgan fingerprint density at radius 2 is 2.31 bits per heavy atom. The number of nitrogens with zero attached hydrogens (tertiary/aromatic N) is 3. The number of nitriles is 1. The summed E-state index contributed by atoms with van der Waals surface area (Å²) in [5.74, 6) is 1.44. The smallest absolute Gasteiger partial charge is 0.142 e. The molecule has 0 amide bonds. The number of piperidine rings is 1. The van der Waals surface area contributed by atoms with Crippen molar-refractivity contribution in [3.63, 3.8) is 0 Å². The summed E-state index contributed by atoms with van der Waals surface area (Å²) in [7, 11) is 0. The van der Waals surface area contributed by atoms with E-state index in [1.807, 2.05) is 12.1 Å². The zero-order valence-electron chi connectivity index (χ0n) is 9.43. The van der Waals surface area contributed by atoms with Gasteiger partial charge in [-0.15, -0.1) is 0 Å². The van der Waals surface area contributed by atoms with Crippen molar-refractivity contribution in [3.8, 4) is 6.07 Å². The lowest BCUT2D eigenvalue weighted by atomic mass is 9.96. The van der Waals surface area contributed by atoms with E-state index in [9.17, 15) is 0 Å². The molecule has 4 heteroatoms. The maximum atomic E-state index is 8.81. The van der Waals surface area contributed by atoms with Crippen molar-refractivity contribution >= 4 is 5.82 Å². The fourth-order valence-corrected chi connectivity index (χ4v) is 2.25. The quantitative estimate of drug-likeness (QED) is 0.764. The molecule has 2 unspecified atom stereocenters. The Kier molecular flexibility index (Phi) is 3.07. The van der Waals surface area contributed by atoms with Crippen molar-refractivity contribution in [2.45, 2.75) is 19.4 Å². The lowest BCUT2D eigenvalue weighted by molar-refractivity contribution is 0.400. The average Bonchev–Trinajstić information content (AvgIpc) is 2.28. The molecule has 2 rings (SSSR count). The van der Waals surface area contributed by atoms with Crippen molar-refractivity contribution in [2.75, 3.05) is 18.0 Å². The molecule has 0 aliphatic carbocycles. The van der Waals surface area contributed by atoms with Crippen LogP contribution in [0.2, 0.25) is 0 Å². The van der Waals surface area contributed by atoms with Crippen LogP contribution in [0.4, 0.5) is 5.82 Å². The molecule has 1 aromatic rings. The Balaban J connectivity index is 2.20. The maximum Gasteiger partial charge on any atom is 0.142 e. The Hall–Kier alpha value is -1.60. The Labute approximate surface area is 95.7 Å². The Morgan fingerprint density at radius 1 is 1.50 bits per heavy atom. The summed E-state index contributed by atoms with van der Waals surface area (Å²) in [5.41, 5.74) is 6.45. The van der Waals surface area contributed by atoms with Gasteiger partial charge in [0.25, 0.3) is 0 Å². The van der Waals surface area contributed by atoms with E-state index in [4.69, 9.17) is 11.0 Å². The van der Waals surface area contributed by atoms with E-state index in [0.29, 0.717) is 11.6 Å². The van der Waals surface area contributed by atoms with Crippen LogP contribution in [-0.2, 0) is 0 Å². The number of pyridine rings is 1. The largest absolute Gasteiger partial charge is 0.355 e. The van der Waals surface area contributed by atoms with Crippen LogP contribution in [0.3, 0.4) is 0 Å². The van der Waals surface area contributed by atoms with Crippen LogP contribution < -0.4 is 10.6 Å². The molecule has 0 aromatic carbocycles. The first-order chi connectivity index (χ1) is 7.69. The second-order valence-electron chi connectivity index (χ2n) is 4.50. The first-order valence-corrected chi connectivity index (χ1v) is 5.56. The minimum Gasteiger partial charge on any atom is -0.355 e. The van der Waals surface area contributed by atoms with Gasteiger partial charge in [-0.3, -0.25) is 0 Å². The normalized spacial score (nSPS) is 25.2. The molecule has 84 valence electrons. The van der Waals surface area contributed by atoms with E-state index in [1.54, 1.807) is 6.07 Å². The van der Waals surface area contributed by atoms with E-state index in [1.165, 1.54) is 0 Å². The van der Waals surface area contributed by atoms with Crippen molar-refractivity contribution in [1.29, 1.82) is 5.26 Å². The summed E-state index contributed by atoms with van der Waals surface area (Å²) in [6, 6.07) is 7.79. The van der Waals surface area contributed by atoms with Gasteiger partial charge in [-0.05, 0) is 24.5 Å². The highest BCUT2D eigenvalue weighted by Crippen LogP contribution is 2.20. The van der Waals surface area contributed by atoms with Gasteiger partial charge >= 0.3 is 0 Å². The number of hydrogen-bond donors (Lipinski definition) is 1. The first kappa shape index (κ1) is 10.9. The summed E-state index contributed by atoms with van der Waals surface area (Å²) in [5, 5.41) is 8.81. The van der Waals surface area contributed by atoms with Gasteiger partial charge in [-0.25, -0.2) is 4.98 Å². The van der Waals surface area contributed by atoms with E-state index in [2.05, 4.69) is 22.9 Å². The third-order valence-electron chi connectivity index (χ3n) is 2.87. The molecule has 0 saturated carbocycles.